The molecule has 13 nitrogen and oxygen atoms in total. The van der Waals surface area contributed by atoms with E-state index in [-0.39, 0.29) is 41.3 Å². The molecule has 4 fully saturated rings. The van der Waals surface area contributed by atoms with Gasteiger partial charge in [-0.05, 0) is 68.1 Å². The molecule has 0 radical (unpaired) electrons. The van der Waals surface area contributed by atoms with Crippen molar-refractivity contribution in [3.8, 4) is 0 Å². The number of aromatic nitrogens is 2. The van der Waals surface area contributed by atoms with E-state index in [4.69, 9.17) is 0 Å². The third-order valence-electron chi connectivity index (χ3n) is 10.8. The highest BCUT2D eigenvalue weighted by Crippen LogP contribution is 2.43. The highest BCUT2D eigenvalue weighted by atomic mass is 16.3. The van der Waals surface area contributed by atoms with E-state index in [1.807, 2.05) is 27.7 Å². The maximum absolute atomic E-state index is 14.6. The molecular formula is C35H55N7O6. The van der Waals surface area contributed by atoms with Gasteiger partial charge in [-0.1, -0.05) is 53.4 Å². The Morgan fingerprint density at radius 1 is 0.938 bits per heavy atom. The van der Waals surface area contributed by atoms with Gasteiger partial charge in [-0.2, -0.15) is 0 Å². The number of hydrogen-bond acceptors (Lipinski definition) is 9. The number of aliphatic hydroxyl groups is 2. The van der Waals surface area contributed by atoms with Crippen molar-refractivity contribution in [3.05, 3.63) is 24.3 Å². The Morgan fingerprint density at radius 3 is 2.29 bits per heavy atom. The lowest BCUT2D eigenvalue weighted by molar-refractivity contribution is -0.145. The molecule has 3 aliphatic carbocycles. The van der Waals surface area contributed by atoms with Gasteiger partial charge in [-0.25, -0.2) is 4.98 Å². The fraction of sp³-hybridized carbons (Fsp3) is 0.771. The Morgan fingerprint density at radius 2 is 1.67 bits per heavy atom. The van der Waals surface area contributed by atoms with Crippen molar-refractivity contribution in [2.75, 3.05) is 6.54 Å². The molecule has 4 aliphatic rings. The van der Waals surface area contributed by atoms with Gasteiger partial charge < -0.3 is 31.1 Å². The maximum atomic E-state index is 14.6. The lowest BCUT2D eigenvalue weighted by atomic mass is 9.82. The number of carbonyl (C=O) groups excluding carboxylic acids is 4. The van der Waals surface area contributed by atoms with Crippen molar-refractivity contribution >= 4 is 23.6 Å². The molecule has 8 atom stereocenters. The Kier molecular flexibility index (Phi) is 11.7. The van der Waals surface area contributed by atoms with Crippen LogP contribution in [0.4, 0.5) is 0 Å². The number of rotatable bonds is 13. The molecule has 48 heavy (non-hydrogen) atoms. The van der Waals surface area contributed by atoms with Crippen LogP contribution in [0.3, 0.4) is 0 Å². The van der Waals surface area contributed by atoms with Gasteiger partial charge in [0.1, 0.15) is 36.2 Å². The lowest BCUT2D eigenvalue weighted by Gasteiger charge is -2.38. The Labute approximate surface area is 283 Å². The molecule has 1 aromatic rings. The molecule has 1 saturated heterocycles. The Balaban J connectivity index is 1.34. The highest BCUT2D eigenvalue weighted by molar-refractivity contribution is 5.98. The van der Waals surface area contributed by atoms with Crippen LogP contribution in [0.2, 0.25) is 0 Å². The van der Waals surface area contributed by atoms with Crippen LogP contribution < -0.4 is 21.3 Å². The summed E-state index contributed by atoms with van der Waals surface area (Å²) in [5.74, 6) is -1.58. The zero-order valence-electron chi connectivity index (χ0n) is 28.9. The molecular weight excluding hydrogens is 614 g/mol. The first kappa shape index (κ1) is 36.1. The van der Waals surface area contributed by atoms with Gasteiger partial charge in [0, 0.05) is 25.0 Å². The Hall–Kier alpha value is -3.16. The molecule has 266 valence electrons. The normalized spacial score (nSPS) is 26.1. The number of hydrogen-bond donors (Lipinski definition) is 6. The summed E-state index contributed by atoms with van der Waals surface area (Å²) < 4.78 is 0. The average Bonchev–Trinajstić information content (AvgIpc) is 3.64. The van der Waals surface area contributed by atoms with Gasteiger partial charge in [0.05, 0.1) is 12.2 Å². The van der Waals surface area contributed by atoms with E-state index >= 15 is 0 Å². The smallest absolute Gasteiger partial charge is 0.272 e. The number of carbonyl (C=O) groups is 4. The van der Waals surface area contributed by atoms with Crippen LogP contribution in [-0.2, 0) is 14.4 Å². The summed E-state index contributed by atoms with van der Waals surface area (Å²) in [5.41, 5.74) is -0.600. The summed E-state index contributed by atoms with van der Waals surface area (Å²) >= 11 is 0. The predicted octanol–water partition coefficient (Wildman–Crippen LogP) is 1.64. The summed E-state index contributed by atoms with van der Waals surface area (Å²) in [7, 11) is 0. The first-order chi connectivity index (χ1) is 22.9. The summed E-state index contributed by atoms with van der Waals surface area (Å²) in [6.45, 7) is 7.89. The van der Waals surface area contributed by atoms with Crippen LogP contribution in [-0.4, -0.2) is 97.8 Å². The number of aliphatic hydroxyl groups excluding tert-OH is 2. The van der Waals surface area contributed by atoms with E-state index in [1.165, 1.54) is 18.6 Å². The van der Waals surface area contributed by atoms with E-state index in [9.17, 15) is 29.4 Å². The van der Waals surface area contributed by atoms with Crippen molar-refractivity contribution in [1.29, 1.82) is 0 Å². The van der Waals surface area contributed by atoms with E-state index in [1.54, 1.807) is 4.90 Å². The fourth-order valence-corrected chi connectivity index (χ4v) is 7.92. The van der Waals surface area contributed by atoms with Gasteiger partial charge in [0.25, 0.3) is 5.91 Å². The second-order valence-corrected chi connectivity index (χ2v) is 15.4. The first-order valence-electron chi connectivity index (χ1n) is 18.0. The summed E-state index contributed by atoms with van der Waals surface area (Å²) in [6, 6.07) is -3.11. The number of fused-ring (bicyclic) bond motifs is 1. The summed E-state index contributed by atoms with van der Waals surface area (Å²) in [5, 5.41) is 33.3. The minimum Gasteiger partial charge on any atom is -0.387 e. The monoisotopic (exact) mass is 669 g/mol. The van der Waals surface area contributed by atoms with Crippen LogP contribution in [0, 0.1) is 23.2 Å². The molecule has 13 heteroatoms. The van der Waals surface area contributed by atoms with E-state index in [2.05, 4.69) is 31.2 Å². The first-order valence-corrected chi connectivity index (χ1v) is 18.0. The molecule has 6 N–H and O–H groups in total. The van der Waals surface area contributed by atoms with Crippen molar-refractivity contribution in [2.45, 2.75) is 141 Å². The number of amides is 4. The SMILES string of the molecule is CC[C@H](NC(=O)[C@@H]1[C@H]2CCC[C@H]2CN1C(=O)C(NC(=O)C(NC(=O)c1cnccn1)C1CCCCC1)C(C)(C)C)C(O)C(O)NC1CC1. The third-order valence-corrected chi connectivity index (χ3v) is 10.8. The van der Waals surface area contributed by atoms with E-state index in [0.717, 1.165) is 64.2 Å². The second-order valence-electron chi connectivity index (χ2n) is 15.4. The van der Waals surface area contributed by atoms with Crippen LogP contribution in [0.1, 0.15) is 109 Å². The number of nitrogens with zero attached hydrogens (tertiary/aromatic N) is 3. The third kappa shape index (κ3) is 8.52. The molecule has 4 unspecified atom stereocenters. The maximum Gasteiger partial charge on any atom is 0.272 e. The molecule has 5 rings (SSSR count). The van der Waals surface area contributed by atoms with Crippen LogP contribution in [0.5, 0.6) is 0 Å². The van der Waals surface area contributed by atoms with Gasteiger partial charge in [0.15, 0.2) is 0 Å². The number of likely N-dealkylation sites (tertiary alicyclic amines) is 1. The lowest BCUT2D eigenvalue weighted by Crippen LogP contribution is -2.62. The quantitative estimate of drug-likeness (QED) is 0.170. The topological polar surface area (TPSA) is 186 Å². The zero-order chi connectivity index (χ0) is 34.6. The van der Waals surface area contributed by atoms with E-state index < -0.39 is 53.7 Å². The molecule has 2 heterocycles. The van der Waals surface area contributed by atoms with Crippen LogP contribution >= 0.6 is 0 Å². The van der Waals surface area contributed by atoms with Gasteiger partial charge >= 0.3 is 0 Å². The van der Waals surface area contributed by atoms with Crippen molar-refractivity contribution in [1.82, 2.24) is 36.1 Å². The van der Waals surface area contributed by atoms with E-state index in [0.29, 0.717) is 13.0 Å². The minimum atomic E-state index is -1.21. The van der Waals surface area contributed by atoms with Gasteiger partial charge in [-0.15, -0.1) is 0 Å². The molecule has 4 amide bonds. The molecule has 1 aromatic heterocycles. The van der Waals surface area contributed by atoms with Crippen molar-refractivity contribution < 1.29 is 29.4 Å². The highest BCUT2D eigenvalue weighted by Gasteiger charge is 2.52. The largest absolute Gasteiger partial charge is 0.387 e. The van der Waals surface area contributed by atoms with Gasteiger partial charge in [0.2, 0.25) is 17.7 Å². The fourth-order valence-electron chi connectivity index (χ4n) is 7.92. The standard InChI is InChI=1S/C35H55N7O6/c1-5-24(28(43)33(47)38-22-14-15-22)39-32(46)27-23-13-9-12-21(23)19-42(27)34(48)29(35(2,3)4)41-31(45)26(20-10-7-6-8-11-20)40-30(44)25-18-36-16-17-37-25/h16-18,20-24,26-29,33,38,43,47H,5-15,19H2,1-4H3,(H,39,46)(H,40,44)(H,41,45)/t21-,23-,24-,26?,27-,28?,29?,33?/m0/s1. The Bertz CT molecular complexity index is 1280. The molecule has 1 aliphatic heterocycles. The van der Waals surface area contributed by atoms with Crippen molar-refractivity contribution in [3.63, 3.8) is 0 Å². The minimum absolute atomic E-state index is 0.0318. The van der Waals surface area contributed by atoms with Crippen LogP contribution in [0.25, 0.3) is 0 Å². The predicted molar refractivity (Wildman–Crippen MR) is 178 cm³/mol. The van der Waals surface area contributed by atoms with Crippen LogP contribution in [0.15, 0.2) is 18.6 Å². The molecule has 0 bridgehead atoms. The summed E-state index contributed by atoms with van der Waals surface area (Å²) in [4.78, 5) is 65.6. The number of nitrogens with one attached hydrogen (secondary N) is 4. The second kappa shape index (κ2) is 15.6. The average molecular weight is 670 g/mol. The molecule has 3 saturated carbocycles. The van der Waals surface area contributed by atoms with Gasteiger partial charge in [-0.3, -0.25) is 29.5 Å². The molecule has 0 spiro atoms. The molecule has 0 aromatic carbocycles. The summed E-state index contributed by atoms with van der Waals surface area (Å²) in [6.07, 6.45) is 11.4. The van der Waals surface area contributed by atoms with Crippen molar-refractivity contribution in [2.24, 2.45) is 23.2 Å². The zero-order valence-corrected chi connectivity index (χ0v) is 28.9.